The van der Waals surface area contributed by atoms with Crippen molar-refractivity contribution in [2.75, 3.05) is 29.9 Å². The number of rotatable bonds is 6. The number of hydrogen-bond acceptors (Lipinski definition) is 8. The Hall–Kier alpha value is -2.72. The molecule has 2 aliphatic rings. The second-order valence-corrected chi connectivity index (χ2v) is 11.2. The van der Waals surface area contributed by atoms with Crippen LogP contribution in [0.25, 0.3) is 0 Å². The summed E-state index contributed by atoms with van der Waals surface area (Å²) in [6.07, 6.45) is 4.45. The molecule has 2 fully saturated rings. The van der Waals surface area contributed by atoms with Crippen LogP contribution in [0, 0.1) is 5.92 Å². The molecule has 2 aromatic heterocycles. The van der Waals surface area contributed by atoms with Gasteiger partial charge in [0.25, 0.3) is 15.9 Å². The molecule has 33 heavy (non-hydrogen) atoms. The third kappa shape index (κ3) is 5.27. The van der Waals surface area contributed by atoms with Crippen molar-refractivity contribution in [3.8, 4) is 0 Å². The van der Waals surface area contributed by atoms with Crippen LogP contribution in [-0.4, -0.2) is 55.5 Å². The molecule has 9 nitrogen and oxygen atoms in total. The number of sulfonamides is 1. The van der Waals surface area contributed by atoms with Crippen molar-refractivity contribution in [1.82, 2.24) is 20.0 Å². The minimum absolute atomic E-state index is 0.183. The Morgan fingerprint density at radius 3 is 2.64 bits per heavy atom. The van der Waals surface area contributed by atoms with Gasteiger partial charge in [0.15, 0.2) is 5.03 Å². The highest BCUT2D eigenvalue weighted by atomic mass is 32.2. The van der Waals surface area contributed by atoms with Crippen LogP contribution in [0.15, 0.2) is 41.6 Å². The monoisotopic (exact) mass is 472 g/mol. The van der Waals surface area contributed by atoms with E-state index in [1.807, 2.05) is 0 Å². The lowest BCUT2D eigenvalue weighted by atomic mass is 9.97. The van der Waals surface area contributed by atoms with E-state index in [1.165, 1.54) is 6.07 Å². The van der Waals surface area contributed by atoms with Gasteiger partial charge in [-0.2, -0.15) is 8.42 Å². The number of pyridine rings is 2. The van der Waals surface area contributed by atoms with Gasteiger partial charge in [-0.05, 0) is 76.4 Å². The standard InChI is InChI=1S/C23H32N6O3S/c1-16-14-23(2,3)29(15-16)21-18(6-5-11-25-21)22(30)28-33(31,32)20-8-4-7-19(27-20)26-17-9-12-24-13-10-17/h4-8,11,16-17,24H,9-10,12-15H2,1-3H3,(H,26,27)(H,28,30). The summed E-state index contributed by atoms with van der Waals surface area (Å²) >= 11 is 0. The third-order valence-electron chi connectivity index (χ3n) is 6.28. The molecule has 2 aromatic rings. The molecule has 1 amide bonds. The Morgan fingerprint density at radius 2 is 1.94 bits per heavy atom. The number of hydrogen-bond donors (Lipinski definition) is 3. The zero-order valence-electron chi connectivity index (χ0n) is 19.3. The van der Waals surface area contributed by atoms with Crippen molar-refractivity contribution in [1.29, 1.82) is 0 Å². The maximum absolute atomic E-state index is 13.1. The summed E-state index contributed by atoms with van der Waals surface area (Å²) in [5, 5.41) is 6.39. The van der Waals surface area contributed by atoms with Crippen LogP contribution in [0.2, 0.25) is 0 Å². The highest BCUT2D eigenvalue weighted by Gasteiger charge is 2.39. The predicted octanol–water partition coefficient (Wildman–Crippen LogP) is 2.38. The number of nitrogens with one attached hydrogen (secondary N) is 3. The zero-order valence-corrected chi connectivity index (χ0v) is 20.2. The predicted molar refractivity (Wildman–Crippen MR) is 128 cm³/mol. The molecule has 4 rings (SSSR count). The van der Waals surface area contributed by atoms with Crippen molar-refractivity contribution in [3.63, 3.8) is 0 Å². The van der Waals surface area contributed by atoms with Crippen LogP contribution < -0.4 is 20.3 Å². The topological polar surface area (TPSA) is 116 Å². The van der Waals surface area contributed by atoms with Crippen LogP contribution in [0.4, 0.5) is 11.6 Å². The smallest absolute Gasteiger partial charge is 0.281 e. The van der Waals surface area contributed by atoms with E-state index < -0.39 is 15.9 Å². The maximum Gasteiger partial charge on any atom is 0.281 e. The van der Waals surface area contributed by atoms with Crippen molar-refractivity contribution in [2.24, 2.45) is 5.92 Å². The van der Waals surface area contributed by atoms with E-state index in [0.29, 0.717) is 17.6 Å². The van der Waals surface area contributed by atoms with Gasteiger partial charge in [0.1, 0.15) is 11.6 Å². The van der Waals surface area contributed by atoms with Crippen molar-refractivity contribution in [2.45, 2.75) is 56.6 Å². The zero-order chi connectivity index (χ0) is 23.6. The average molecular weight is 473 g/mol. The fraction of sp³-hybridized carbons (Fsp3) is 0.522. The van der Waals surface area contributed by atoms with E-state index in [9.17, 15) is 13.2 Å². The molecule has 0 aliphatic carbocycles. The van der Waals surface area contributed by atoms with E-state index in [1.54, 1.807) is 30.5 Å². The van der Waals surface area contributed by atoms with Gasteiger partial charge in [0.2, 0.25) is 0 Å². The molecule has 0 bridgehead atoms. The molecule has 3 N–H and O–H groups in total. The Balaban J connectivity index is 1.54. The number of carbonyl (C=O) groups excluding carboxylic acids is 1. The quantitative estimate of drug-likeness (QED) is 0.587. The Labute approximate surface area is 195 Å². The molecule has 0 spiro atoms. The Kier molecular flexibility index (Phi) is 6.58. The van der Waals surface area contributed by atoms with Gasteiger partial charge in [-0.15, -0.1) is 0 Å². The molecule has 2 aliphatic heterocycles. The minimum Gasteiger partial charge on any atom is -0.367 e. The molecule has 0 aromatic carbocycles. The SMILES string of the molecule is CC1CN(c2ncccc2C(=O)NS(=O)(=O)c2cccc(NC3CCNCC3)n2)C(C)(C)C1. The van der Waals surface area contributed by atoms with Crippen molar-refractivity contribution in [3.05, 3.63) is 42.1 Å². The number of piperidine rings is 1. The average Bonchev–Trinajstić information content (AvgIpc) is 3.06. The summed E-state index contributed by atoms with van der Waals surface area (Å²) in [5.41, 5.74) is 0.0463. The summed E-state index contributed by atoms with van der Waals surface area (Å²) in [7, 11) is -4.16. The second kappa shape index (κ2) is 9.26. The van der Waals surface area contributed by atoms with Gasteiger partial charge in [-0.3, -0.25) is 4.79 Å². The van der Waals surface area contributed by atoms with Crippen LogP contribution >= 0.6 is 0 Å². The lowest BCUT2D eigenvalue weighted by Crippen LogP contribution is -2.41. The molecule has 4 heterocycles. The third-order valence-corrected chi connectivity index (χ3v) is 7.51. The molecule has 10 heteroatoms. The molecular formula is C23H32N6O3S. The van der Waals surface area contributed by atoms with Crippen LogP contribution in [-0.2, 0) is 10.0 Å². The molecule has 0 saturated carbocycles. The fourth-order valence-corrected chi connectivity index (χ4v) is 5.73. The molecule has 0 radical (unpaired) electrons. The van der Waals surface area contributed by atoms with E-state index in [0.717, 1.165) is 38.9 Å². The number of nitrogens with zero attached hydrogens (tertiary/aromatic N) is 3. The Bertz CT molecular complexity index is 1110. The first-order chi connectivity index (χ1) is 15.7. The van der Waals surface area contributed by atoms with E-state index in [-0.39, 0.29) is 22.2 Å². The Morgan fingerprint density at radius 1 is 1.18 bits per heavy atom. The minimum atomic E-state index is -4.16. The number of anilines is 2. The molecule has 1 atom stereocenters. The summed E-state index contributed by atoms with van der Waals surface area (Å²) < 4.78 is 28.2. The van der Waals surface area contributed by atoms with Crippen molar-refractivity contribution >= 4 is 27.6 Å². The summed E-state index contributed by atoms with van der Waals surface area (Å²) in [4.78, 5) is 23.9. The van der Waals surface area contributed by atoms with Gasteiger partial charge >= 0.3 is 0 Å². The lowest BCUT2D eigenvalue weighted by Gasteiger charge is -2.33. The number of aromatic nitrogens is 2. The lowest BCUT2D eigenvalue weighted by molar-refractivity contribution is 0.0981. The summed E-state index contributed by atoms with van der Waals surface area (Å²) in [6.45, 7) is 8.94. The molecule has 178 valence electrons. The van der Waals surface area contributed by atoms with Gasteiger partial charge < -0.3 is 15.5 Å². The normalized spacial score (nSPS) is 21.1. The second-order valence-electron chi connectivity index (χ2n) is 9.57. The first-order valence-electron chi connectivity index (χ1n) is 11.4. The molecule has 2 saturated heterocycles. The van der Waals surface area contributed by atoms with Crippen LogP contribution in [0.1, 0.15) is 50.4 Å². The van der Waals surface area contributed by atoms with E-state index >= 15 is 0 Å². The van der Waals surface area contributed by atoms with Gasteiger partial charge in [-0.25, -0.2) is 14.7 Å². The number of carbonyl (C=O) groups is 1. The number of amides is 1. The fourth-order valence-electron chi connectivity index (χ4n) is 4.80. The largest absolute Gasteiger partial charge is 0.367 e. The van der Waals surface area contributed by atoms with Gasteiger partial charge in [0, 0.05) is 24.3 Å². The first kappa shape index (κ1) is 23.4. The first-order valence-corrected chi connectivity index (χ1v) is 12.9. The van der Waals surface area contributed by atoms with Gasteiger partial charge in [-0.1, -0.05) is 13.0 Å². The molecular weight excluding hydrogens is 440 g/mol. The van der Waals surface area contributed by atoms with Crippen molar-refractivity contribution < 1.29 is 13.2 Å². The highest BCUT2D eigenvalue weighted by molar-refractivity contribution is 7.90. The van der Waals surface area contributed by atoms with Gasteiger partial charge in [0.05, 0.1) is 5.56 Å². The summed E-state index contributed by atoms with van der Waals surface area (Å²) in [6, 6.07) is 8.22. The van der Waals surface area contributed by atoms with Crippen LogP contribution in [0.3, 0.4) is 0 Å². The van der Waals surface area contributed by atoms with E-state index in [4.69, 9.17) is 0 Å². The molecule has 1 unspecified atom stereocenters. The summed E-state index contributed by atoms with van der Waals surface area (Å²) in [5.74, 6) is 0.703. The van der Waals surface area contributed by atoms with Crippen LogP contribution in [0.5, 0.6) is 0 Å². The highest BCUT2D eigenvalue weighted by Crippen LogP contribution is 2.37. The maximum atomic E-state index is 13.1. The van der Waals surface area contributed by atoms with E-state index in [2.05, 4.69) is 51.0 Å².